The highest BCUT2D eigenvalue weighted by Crippen LogP contribution is 2.19. The molecule has 0 amide bonds. The summed E-state index contributed by atoms with van der Waals surface area (Å²) in [7, 11) is -0.611. The summed E-state index contributed by atoms with van der Waals surface area (Å²) in [6.45, 7) is 9.31. The Morgan fingerprint density at radius 1 is 1.31 bits per heavy atom. The van der Waals surface area contributed by atoms with E-state index in [0.717, 1.165) is 0 Å². The first-order valence-corrected chi connectivity index (χ1v) is 9.93. The zero-order chi connectivity index (χ0) is 12.9. The number of hydrogen-bond acceptors (Lipinski definition) is 1. The zero-order valence-electron chi connectivity index (χ0n) is 9.77. The third-order valence-corrected chi connectivity index (χ3v) is 2.00. The van der Waals surface area contributed by atoms with E-state index in [4.69, 9.17) is 11.6 Å². The van der Waals surface area contributed by atoms with Crippen molar-refractivity contribution >= 4 is 40.8 Å². The third kappa shape index (κ3) is 8.02. The van der Waals surface area contributed by atoms with Crippen LogP contribution in [0.4, 0.5) is 4.39 Å². The summed E-state index contributed by atoms with van der Waals surface area (Å²) in [5.74, 6) is -0.404. The minimum atomic E-state index is -0.611. The maximum Gasteiger partial charge on any atom is 0.253 e. The van der Waals surface area contributed by atoms with Crippen molar-refractivity contribution in [3.05, 3.63) is 34.1 Å². The molecule has 0 aliphatic carbocycles. The number of benzene rings is 1. The van der Waals surface area contributed by atoms with E-state index in [9.17, 15) is 9.18 Å². The van der Waals surface area contributed by atoms with Crippen LogP contribution in [-0.2, 0) is 0 Å². The van der Waals surface area contributed by atoms with Gasteiger partial charge < -0.3 is 0 Å². The molecule has 5 heteroatoms. The predicted molar refractivity (Wildman–Crippen MR) is 73.5 cm³/mol. The van der Waals surface area contributed by atoms with Crippen LogP contribution in [0, 0.1) is 5.82 Å². The molecule has 0 saturated carbocycles. The molecule has 0 atom stereocenters. The largest absolute Gasteiger partial charge is 0.276 e. The Hall–Kier alpha value is -0.193. The lowest BCUT2D eigenvalue weighted by Gasteiger charge is -2.01. The van der Waals surface area contributed by atoms with Crippen LogP contribution >= 0.6 is 27.5 Å². The van der Waals surface area contributed by atoms with Gasteiger partial charge in [0.15, 0.2) is 0 Å². The lowest BCUT2D eigenvalue weighted by atomic mass is 10.2. The van der Waals surface area contributed by atoms with E-state index < -0.39 is 19.1 Å². The molecule has 90 valence electrons. The Kier molecular flexibility index (Phi) is 6.44. The molecule has 1 aromatic rings. The monoisotopic (exact) mass is 324 g/mol. The maximum absolute atomic E-state index is 12.4. The predicted octanol–water partition coefficient (Wildman–Crippen LogP) is 4.92. The Labute approximate surface area is 110 Å². The highest BCUT2D eigenvalue weighted by molar-refractivity contribution is 9.10. The van der Waals surface area contributed by atoms with E-state index in [0.29, 0.717) is 4.47 Å². The molecule has 0 aliphatic rings. The lowest BCUT2D eigenvalue weighted by molar-refractivity contribution is 0.108. The fraction of sp³-hybridized carbons (Fsp3) is 0.364. The first-order chi connectivity index (χ1) is 7.11. The molecule has 0 unspecified atom stereocenters. The minimum absolute atomic E-state index is 0.271. The molecule has 16 heavy (non-hydrogen) atoms. The van der Waals surface area contributed by atoms with Crippen molar-refractivity contribution in [2.24, 2.45) is 0 Å². The summed E-state index contributed by atoms with van der Waals surface area (Å²) in [6, 6.07) is 3.70. The second kappa shape index (κ2) is 6.52. The van der Waals surface area contributed by atoms with Gasteiger partial charge in [0.05, 0.1) is 0 Å². The highest BCUT2D eigenvalue weighted by Gasteiger charge is 2.06. The molecular formula is C11H15BrClFOSi. The Balaban J connectivity index is 0.000000385. The molecule has 0 spiro atoms. The Morgan fingerprint density at radius 2 is 1.75 bits per heavy atom. The molecule has 1 aromatic carbocycles. The van der Waals surface area contributed by atoms with Crippen LogP contribution in [0.3, 0.4) is 0 Å². The first kappa shape index (κ1) is 15.8. The van der Waals surface area contributed by atoms with Gasteiger partial charge in [0.1, 0.15) is 5.82 Å². The first-order valence-electron chi connectivity index (χ1n) is 4.76. The van der Waals surface area contributed by atoms with Gasteiger partial charge in [-0.2, -0.15) is 0 Å². The van der Waals surface area contributed by atoms with Crippen molar-refractivity contribution in [2.45, 2.75) is 26.2 Å². The average molecular weight is 326 g/mol. The summed E-state index contributed by atoms with van der Waals surface area (Å²) < 4.78 is 12.8. The number of hydrogen-bond donors (Lipinski definition) is 0. The van der Waals surface area contributed by atoms with Crippen LogP contribution < -0.4 is 0 Å². The van der Waals surface area contributed by atoms with E-state index in [1.165, 1.54) is 18.2 Å². The van der Waals surface area contributed by atoms with Gasteiger partial charge >= 0.3 is 0 Å². The summed E-state index contributed by atoms with van der Waals surface area (Å²) in [5, 5.41) is -0.600. The van der Waals surface area contributed by atoms with Crippen LogP contribution in [0.15, 0.2) is 22.7 Å². The van der Waals surface area contributed by atoms with Gasteiger partial charge in [-0.15, -0.1) is 0 Å². The molecule has 0 aromatic heterocycles. The van der Waals surface area contributed by atoms with Gasteiger partial charge in [-0.3, -0.25) is 4.79 Å². The summed E-state index contributed by atoms with van der Waals surface area (Å²) >= 11 is 8.17. The van der Waals surface area contributed by atoms with E-state index in [1.807, 2.05) is 0 Å². The van der Waals surface area contributed by atoms with Crippen LogP contribution in [-0.4, -0.2) is 13.3 Å². The number of halogens is 3. The topological polar surface area (TPSA) is 17.1 Å². The fourth-order valence-corrected chi connectivity index (χ4v) is 1.46. The van der Waals surface area contributed by atoms with Gasteiger partial charge in [0.25, 0.3) is 5.24 Å². The number of carbonyl (C=O) groups is 1. The summed E-state index contributed by atoms with van der Waals surface area (Å²) in [5.41, 5.74) is 0.271. The van der Waals surface area contributed by atoms with Crippen molar-refractivity contribution in [1.29, 1.82) is 0 Å². The standard InChI is InChI=1S/C7H3BrClFO.C4H12Si/c8-6-3-4(10)1-2-5(6)7(9)11;1-5(2,3)4/h1-3H;1-4H3. The number of rotatable bonds is 1. The fourth-order valence-electron chi connectivity index (χ4n) is 0.649. The third-order valence-electron chi connectivity index (χ3n) is 1.14. The van der Waals surface area contributed by atoms with Crippen LogP contribution in [0.25, 0.3) is 0 Å². The molecule has 1 nitrogen and oxygen atoms in total. The molecule has 0 bridgehead atoms. The van der Waals surface area contributed by atoms with Crippen molar-refractivity contribution in [2.75, 3.05) is 0 Å². The lowest BCUT2D eigenvalue weighted by Crippen LogP contribution is -2.10. The molecule has 1 rings (SSSR count). The van der Waals surface area contributed by atoms with Gasteiger partial charge in [-0.05, 0) is 45.7 Å². The van der Waals surface area contributed by atoms with Crippen molar-refractivity contribution < 1.29 is 9.18 Å². The smallest absolute Gasteiger partial charge is 0.253 e. The zero-order valence-corrected chi connectivity index (χ0v) is 13.1. The van der Waals surface area contributed by atoms with Crippen molar-refractivity contribution in [3.63, 3.8) is 0 Å². The van der Waals surface area contributed by atoms with Gasteiger partial charge in [-0.1, -0.05) is 26.2 Å². The second-order valence-electron chi connectivity index (χ2n) is 4.90. The van der Waals surface area contributed by atoms with Gasteiger partial charge in [0, 0.05) is 18.1 Å². The van der Waals surface area contributed by atoms with Crippen molar-refractivity contribution in [3.8, 4) is 0 Å². The summed E-state index contributed by atoms with van der Waals surface area (Å²) in [6.07, 6.45) is 0. The average Bonchev–Trinajstić information content (AvgIpc) is 1.99. The van der Waals surface area contributed by atoms with Crippen LogP contribution in [0.1, 0.15) is 10.4 Å². The second-order valence-corrected chi connectivity index (χ2v) is 12.1. The van der Waals surface area contributed by atoms with E-state index in [2.05, 4.69) is 42.1 Å². The van der Waals surface area contributed by atoms with Crippen LogP contribution in [0.5, 0.6) is 0 Å². The molecule has 0 heterocycles. The van der Waals surface area contributed by atoms with Crippen LogP contribution in [0.2, 0.25) is 26.2 Å². The van der Waals surface area contributed by atoms with Gasteiger partial charge in [0.2, 0.25) is 0 Å². The molecule has 0 radical (unpaired) electrons. The van der Waals surface area contributed by atoms with Crippen molar-refractivity contribution in [1.82, 2.24) is 0 Å². The Morgan fingerprint density at radius 3 is 2.06 bits per heavy atom. The molecule has 0 saturated heterocycles. The minimum Gasteiger partial charge on any atom is -0.276 e. The highest BCUT2D eigenvalue weighted by atomic mass is 79.9. The van der Waals surface area contributed by atoms with E-state index in [-0.39, 0.29) is 5.56 Å². The molecule has 0 N–H and O–H groups in total. The normalized spacial score (nSPS) is 10.4. The van der Waals surface area contributed by atoms with Gasteiger partial charge in [-0.25, -0.2) is 4.39 Å². The Bertz CT molecular complexity index is 371. The molecule has 0 fully saturated rings. The summed E-state index contributed by atoms with van der Waals surface area (Å²) in [4.78, 5) is 10.6. The van der Waals surface area contributed by atoms with E-state index >= 15 is 0 Å². The number of carbonyl (C=O) groups excluding carboxylic acids is 1. The molecule has 0 aliphatic heterocycles. The SMILES string of the molecule is C[Si](C)(C)C.O=C(Cl)c1ccc(F)cc1Br. The molecular weight excluding hydrogens is 311 g/mol. The quantitative estimate of drug-likeness (QED) is 0.529. The maximum atomic E-state index is 12.4. The van der Waals surface area contributed by atoms with E-state index in [1.54, 1.807) is 0 Å².